The highest BCUT2D eigenvalue weighted by Gasteiger charge is 2.22. The van der Waals surface area contributed by atoms with Crippen LogP contribution in [-0.2, 0) is 0 Å². The molecule has 0 fully saturated rings. The van der Waals surface area contributed by atoms with Crippen LogP contribution in [0.5, 0.6) is 0 Å². The van der Waals surface area contributed by atoms with Crippen LogP contribution in [0.4, 0.5) is 8.78 Å². The van der Waals surface area contributed by atoms with Crippen LogP contribution in [0.1, 0.15) is 9.67 Å². The van der Waals surface area contributed by atoms with E-state index in [1.54, 1.807) is 6.07 Å². The van der Waals surface area contributed by atoms with Gasteiger partial charge in [-0.2, -0.15) is 0 Å². The average Bonchev–Trinajstić information content (AvgIpc) is 3.07. The molecule has 0 aliphatic carbocycles. The monoisotopic (exact) mass is 331 g/mol. The second-order valence-electron chi connectivity index (χ2n) is 4.33. The van der Waals surface area contributed by atoms with Crippen LogP contribution in [0.2, 0.25) is 0 Å². The number of aromatic nitrogens is 2. The van der Waals surface area contributed by atoms with Gasteiger partial charge in [0.25, 0.3) is 12.3 Å². The number of alkyl halides is 2. The number of aliphatic hydroxyl groups excluding tert-OH is 1. The molecule has 3 aromatic rings. The van der Waals surface area contributed by atoms with Gasteiger partial charge in [0.15, 0.2) is 4.96 Å². The lowest BCUT2D eigenvalue weighted by Gasteiger charge is -2.20. The molecule has 112 valence electrons. The van der Waals surface area contributed by atoms with Crippen molar-refractivity contribution in [1.82, 2.24) is 14.3 Å². The Bertz CT molecular complexity index is 780. The van der Waals surface area contributed by atoms with Gasteiger partial charge in [-0.05, 0) is 6.07 Å². The number of hydrogen-bond acceptors (Lipinski definition) is 5. The predicted octanol–water partition coefficient (Wildman–Crippen LogP) is 2.31. The lowest BCUT2D eigenvalue weighted by Crippen LogP contribution is -2.36. The van der Waals surface area contributed by atoms with Crippen molar-refractivity contribution in [2.45, 2.75) is 6.43 Å². The molecule has 21 heavy (non-hydrogen) atoms. The molecule has 3 rings (SSSR count). The third-order valence-electron chi connectivity index (χ3n) is 2.97. The van der Waals surface area contributed by atoms with Crippen molar-refractivity contribution in [3.63, 3.8) is 0 Å². The molecular formula is C12H11F2N3O2S2. The number of fused-ring (bicyclic) bond motifs is 3. The number of carbonyl (C=O) groups is 1. The van der Waals surface area contributed by atoms with E-state index in [0.717, 1.165) is 15.4 Å². The Hall–Kier alpha value is -1.58. The first-order valence-corrected chi connectivity index (χ1v) is 7.83. The van der Waals surface area contributed by atoms with E-state index in [1.807, 2.05) is 16.0 Å². The summed E-state index contributed by atoms with van der Waals surface area (Å²) in [6, 6.07) is 1.66. The van der Waals surface area contributed by atoms with Crippen molar-refractivity contribution in [2.24, 2.45) is 0 Å². The molecule has 0 atom stereocenters. The van der Waals surface area contributed by atoms with Gasteiger partial charge in [0.05, 0.1) is 23.5 Å². The van der Waals surface area contributed by atoms with Gasteiger partial charge in [-0.3, -0.25) is 9.20 Å². The molecule has 1 N–H and O–H groups in total. The van der Waals surface area contributed by atoms with Crippen LogP contribution in [-0.4, -0.2) is 51.4 Å². The lowest BCUT2D eigenvalue weighted by atomic mass is 10.3. The van der Waals surface area contributed by atoms with Crippen molar-refractivity contribution in [2.75, 3.05) is 19.7 Å². The summed E-state index contributed by atoms with van der Waals surface area (Å²) in [7, 11) is 0. The molecule has 0 aliphatic heterocycles. The number of thiazole rings is 1. The van der Waals surface area contributed by atoms with Gasteiger partial charge in [-0.1, -0.05) is 0 Å². The summed E-state index contributed by atoms with van der Waals surface area (Å²) in [5, 5.41) is 10.8. The average molecular weight is 331 g/mol. The summed E-state index contributed by atoms with van der Waals surface area (Å²) in [6.45, 7) is -1.15. The van der Waals surface area contributed by atoms with Gasteiger partial charge in [-0.15, -0.1) is 22.7 Å². The molecule has 3 aromatic heterocycles. The normalized spacial score (nSPS) is 11.8. The second kappa shape index (κ2) is 5.66. The molecular weight excluding hydrogens is 320 g/mol. The second-order valence-corrected chi connectivity index (χ2v) is 6.24. The van der Waals surface area contributed by atoms with Gasteiger partial charge < -0.3 is 10.0 Å². The summed E-state index contributed by atoms with van der Waals surface area (Å²) in [4.78, 5) is 19.5. The summed E-state index contributed by atoms with van der Waals surface area (Å²) < 4.78 is 26.9. The number of imidazole rings is 1. The Kier molecular flexibility index (Phi) is 3.87. The summed E-state index contributed by atoms with van der Waals surface area (Å²) >= 11 is 2.66. The molecule has 5 nitrogen and oxygen atoms in total. The minimum absolute atomic E-state index is 0.111. The first kappa shape index (κ1) is 14.4. The van der Waals surface area contributed by atoms with Crippen molar-refractivity contribution in [1.29, 1.82) is 0 Å². The Morgan fingerprint density at radius 2 is 2.33 bits per heavy atom. The maximum absolute atomic E-state index is 12.5. The molecule has 0 saturated carbocycles. The Balaban J connectivity index is 1.93. The molecule has 0 aliphatic rings. The fourth-order valence-electron chi connectivity index (χ4n) is 2.07. The minimum Gasteiger partial charge on any atom is -0.395 e. The molecule has 0 radical (unpaired) electrons. The summed E-state index contributed by atoms with van der Waals surface area (Å²) in [6.07, 6.45) is -0.782. The van der Waals surface area contributed by atoms with Gasteiger partial charge >= 0.3 is 0 Å². The third-order valence-corrected chi connectivity index (χ3v) is 4.73. The van der Waals surface area contributed by atoms with Gasteiger partial charge in [0.1, 0.15) is 4.83 Å². The van der Waals surface area contributed by atoms with E-state index in [0.29, 0.717) is 9.71 Å². The van der Waals surface area contributed by atoms with Crippen molar-refractivity contribution < 1.29 is 18.7 Å². The quantitative estimate of drug-likeness (QED) is 0.780. The molecule has 0 bridgehead atoms. The largest absolute Gasteiger partial charge is 0.395 e. The van der Waals surface area contributed by atoms with Crippen LogP contribution in [0.15, 0.2) is 17.6 Å². The van der Waals surface area contributed by atoms with E-state index in [9.17, 15) is 13.6 Å². The number of rotatable bonds is 5. The zero-order valence-corrected chi connectivity index (χ0v) is 12.3. The number of amides is 1. The van der Waals surface area contributed by atoms with Crippen molar-refractivity contribution in [3.05, 3.63) is 22.5 Å². The molecule has 0 unspecified atom stereocenters. The van der Waals surface area contributed by atoms with E-state index >= 15 is 0 Å². The number of halogens is 2. The van der Waals surface area contributed by atoms with E-state index in [1.165, 1.54) is 22.7 Å². The molecule has 3 heterocycles. The minimum atomic E-state index is -2.63. The first-order valence-electron chi connectivity index (χ1n) is 6.13. The van der Waals surface area contributed by atoms with E-state index < -0.39 is 18.9 Å². The predicted molar refractivity (Wildman–Crippen MR) is 77.4 cm³/mol. The Labute approximate surface area is 126 Å². The molecule has 1 amide bonds. The van der Waals surface area contributed by atoms with Crippen molar-refractivity contribution >= 4 is 43.9 Å². The maximum Gasteiger partial charge on any atom is 0.264 e. The van der Waals surface area contributed by atoms with E-state index in [-0.39, 0.29) is 13.2 Å². The number of nitrogens with zero attached hydrogens (tertiary/aromatic N) is 3. The highest BCUT2D eigenvalue weighted by molar-refractivity contribution is 7.21. The Morgan fingerprint density at radius 3 is 3.05 bits per heavy atom. The third kappa shape index (κ3) is 2.63. The highest BCUT2D eigenvalue weighted by Crippen LogP contribution is 2.29. The zero-order valence-electron chi connectivity index (χ0n) is 10.7. The lowest BCUT2D eigenvalue weighted by molar-refractivity contribution is 0.0513. The van der Waals surface area contributed by atoms with Gasteiger partial charge in [-0.25, -0.2) is 13.8 Å². The molecule has 0 saturated heterocycles. The fourth-order valence-corrected chi connectivity index (χ4v) is 3.84. The smallest absolute Gasteiger partial charge is 0.264 e. The van der Waals surface area contributed by atoms with E-state index in [4.69, 9.17) is 5.11 Å². The first-order chi connectivity index (χ1) is 10.1. The van der Waals surface area contributed by atoms with Crippen LogP contribution in [0, 0.1) is 0 Å². The molecule has 0 spiro atoms. The van der Waals surface area contributed by atoms with Gasteiger partial charge in [0, 0.05) is 18.1 Å². The number of thiophene rings is 1. The zero-order chi connectivity index (χ0) is 15.0. The van der Waals surface area contributed by atoms with Crippen LogP contribution in [0.25, 0.3) is 15.3 Å². The highest BCUT2D eigenvalue weighted by atomic mass is 32.1. The number of hydrogen-bond donors (Lipinski definition) is 1. The maximum atomic E-state index is 12.5. The van der Waals surface area contributed by atoms with E-state index in [2.05, 4.69) is 4.98 Å². The van der Waals surface area contributed by atoms with Crippen LogP contribution < -0.4 is 0 Å². The SMILES string of the molecule is O=C(c1cc2c(nc3sccn32)s1)N(CCO)CC(F)F. The van der Waals surface area contributed by atoms with Gasteiger partial charge in [0.2, 0.25) is 0 Å². The van der Waals surface area contributed by atoms with Crippen molar-refractivity contribution in [3.8, 4) is 0 Å². The Morgan fingerprint density at radius 1 is 1.52 bits per heavy atom. The summed E-state index contributed by atoms with van der Waals surface area (Å²) in [5.41, 5.74) is 0.792. The summed E-state index contributed by atoms with van der Waals surface area (Å²) in [5.74, 6) is -0.503. The molecule has 0 aromatic carbocycles. The number of aliphatic hydroxyl groups is 1. The van der Waals surface area contributed by atoms with Crippen LogP contribution >= 0.6 is 22.7 Å². The molecule has 9 heteroatoms. The fraction of sp³-hybridized carbons (Fsp3) is 0.333. The number of carbonyl (C=O) groups excluding carboxylic acids is 1. The topological polar surface area (TPSA) is 57.8 Å². The standard InChI is InChI=1S/C12H11F2N3O2S2/c13-9(14)6-16(1-3-18)11(19)8-5-7-10(21-8)15-12-17(7)2-4-20-12/h2,4-5,9,18H,1,3,6H2. The van der Waals surface area contributed by atoms with Crippen LogP contribution in [0.3, 0.4) is 0 Å².